The Morgan fingerprint density at radius 2 is 2.05 bits per heavy atom. The number of rotatable bonds is 2. The lowest BCUT2D eigenvalue weighted by Gasteiger charge is -2.25. The second-order valence-corrected chi connectivity index (χ2v) is 4.89. The standard InChI is InChI=1S/C14H17N5O/c1-16-14(20)11-7-4-8-19(11)13-12(15)17-9-5-2-3-6-10(9)18-13/h2-3,5-6,11H,4,7-8H2,1H3,(H2,15,17)(H,16,20). The number of nitrogens with two attached hydrogens (primary N) is 1. The molecule has 3 N–H and O–H groups in total. The summed E-state index contributed by atoms with van der Waals surface area (Å²) < 4.78 is 0. The second kappa shape index (κ2) is 4.96. The summed E-state index contributed by atoms with van der Waals surface area (Å²) in [6, 6.07) is 7.38. The molecule has 6 nitrogen and oxygen atoms in total. The fraction of sp³-hybridized carbons (Fsp3) is 0.357. The topological polar surface area (TPSA) is 84.1 Å². The van der Waals surface area contributed by atoms with E-state index in [1.807, 2.05) is 29.2 Å². The normalized spacial score (nSPS) is 18.4. The number of benzene rings is 1. The summed E-state index contributed by atoms with van der Waals surface area (Å²) in [5.74, 6) is 0.978. The van der Waals surface area contributed by atoms with Crippen molar-refractivity contribution in [1.82, 2.24) is 15.3 Å². The zero-order valence-electron chi connectivity index (χ0n) is 11.3. The van der Waals surface area contributed by atoms with Crippen LogP contribution in [0.5, 0.6) is 0 Å². The molecule has 2 heterocycles. The van der Waals surface area contributed by atoms with Crippen LogP contribution < -0.4 is 16.0 Å². The highest BCUT2D eigenvalue weighted by Crippen LogP contribution is 2.29. The Balaban J connectivity index is 2.04. The van der Waals surface area contributed by atoms with E-state index < -0.39 is 0 Å². The minimum atomic E-state index is -0.210. The molecule has 20 heavy (non-hydrogen) atoms. The van der Waals surface area contributed by atoms with E-state index in [0.29, 0.717) is 11.6 Å². The van der Waals surface area contributed by atoms with E-state index in [4.69, 9.17) is 5.73 Å². The highest BCUT2D eigenvalue weighted by molar-refractivity contribution is 5.87. The third-order valence-corrected chi connectivity index (χ3v) is 3.65. The molecule has 1 atom stereocenters. The van der Waals surface area contributed by atoms with Crippen LogP contribution in [0.15, 0.2) is 24.3 Å². The summed E-state index contributed by atoms with van der Waals surface area (Å²) in [7, 11) is 1.65. The van der Waals surface area contributed by atoms with Crippen LogP contribution in [0.25, 0.3) is 11.0 Å². The smallest absolute Gasteiger partial charge is 0.242 e. The average molecular weight is 271 g/mol. The summed E-state index contributed by atoms with van der Waals surface area (Å²) in [5.41, 5.74) is 7.58. The highest BCUT2D eigenvalue weighted by atomic mass is 16.2. The quantitative estimate of drug-likeness (QED) is 0.848. The Kier molecular flexibility index (Phi) is 3.14. The van der Waals surface area contributed by atoms with Crippen LogP contribution in [-0.2, 0) is 4.79 Å². The van der Waals surface area contributed by atoms with Gasteiger partial charge < -0.3 is 16.0 Å². The molecular formula is C14H17N5O. The molecule has 104 valence electrons. The molecule has 1 aromatic carbocycles. The lowest BCUT2D eigenvalue weighted by Crippen LogP contribution is -2.42. The number of likely N-dealkylation sites (N-methyl/N-ethyl adjacent to an activating group) is 1. The largest absolute Gasteiger partial charge is 0.381 e. The van der Waals surface area contributed by atoms with Gasteiger partial charge in [-0.05, 0) is 25.0 Å². The van der Waals surface area contributed by atoms with Crippen LogP contribution >= 0.6 is 0 Å². The van der Waals surface area contributed by atoms with Crippen LogP contribution in [-0.4, -0.2) is 35.5 Å². The molecule has 1 fully saturated rings. The lowest BCUT2D eigenvalue weighted by atomic mass is 10.2. The van der Waals surface area contributed by atoms with E-state index in [9.17, 15) is 4.79 Å². The van der Waals surface area contributed by atoms with Crippen molar-refractivity contribution in [1.29, 1.82) is 0 Å². The van der Waals surface area contributed by atoms with Gasteiger partial charge in [0.1, 0.15) is 6.04 Å². The van der Waals surface area contributed by atoms with E-state index >= 15 is 0 Å². The van der Waals surface area contributed by atoms with Gasteiger partial charge in [0.25, 0.3) is 0 Å². The first kappa shape index (κ1) is 12.7. The van der Waals surface area contributed by atoms with Crippen LogP contribution in [0.4, 0.5) is 11.6 Å². The predicted molar refractivity (Wildman–Crippen MR) is 78.4 cm³/mol. The van der Waals surface area contributed by atoms with Crippen LogP contribution in [0.3, 0.4) is 0 Å². The van der Waals surface area contributed by atoms with Crippen molar-refractivity contribution in [2.45, 2.75) is 18.9 Å². The van der Waals surface area contributed by atoms with Crippen molar-refractivity contribution < 1.29 is 4.79 Å². The van der Waals surface area contributed by atoms with Gasteiger partial charge in [0.15, 0.2) is 11.6 Å². The summed E-state index contributed by atoms with van der Waals surface area (Å²) >= 11 is 0. The minimum absolute atomic E-state index is 0.00291. The first-order valence-electron chi connectivity index (χ1n) is 6.71. The molecule has 0 aliphatic carbocycles. The van der Waals surface area contributed by atoms with Gasteiger partial charge in [-0.1, -0.05) is 12.1 Å². The summed E-state index contributed by atoms with van der Waals surface area (Å²) in [4.78, 5) is 22.8. The Labute approximate surface area is 117 Å². The van der Waals surface area contributed by atoms with E-state index in [2.05, 4.69) is 15.3 Å². The molecule has 0 saturated carbocycles. The van der Waals surface area contributed by atoms with Gasteiger partial charge in [0.05, 0.1) is 11.0 Å². The molecule has 0 spiro atoms. The number of hydrogen-bond donors (Lipinski definition) is 2. The van der Waals surface area contributed by atoms with E-state index in [-0.39, 0.29) is 11.9 Å². The monoisotopic (exact) mass is 271 g/mol. The molecule has 1 aliphatic rings. The fourth-order valence-electron chi connectivity index (χ4n) is 2.68. The summed E-state index contributed by atoms with van der Waals surface area (Å²) in [6.07, 6.45) is 1.76. The molecule has 6 heteroatoms. The van der Waals surface area contributed by atoms with Crippen molar-refractivity contribution in [2.75, 3.05) is 24.2 Å². The Hall–Kier alpha value is -2.37. The number of nitrogen functional groups attached to an aromatic ring is 1. The minimum Gasteiger partial charge on any atom is -0.381 e. The maximum atomic E-state index is 11.9. The van der Waals surface area contributed by atoms with Gasteiger partial charge in [-0.15, -0.1) is 0 Å². The number of nitrogens with one attached hydrogen (secondary N) is 1. The number of nitrogens with zero attached hydrogens (tertiary/aromatic N) is 3. The first-order valence-corrected chi connectivity index (χ1v) is 6.71. The Morgan fingerprint density at radius 1 is 1.35 bits per heavy atom. The van der Waals surface area contributed by atoms with Gasteiger partial charge in [0.2, 0.25) is 5.91 Å². The van der Waals surface area contributed by atoms with Gasteiger partial charge in [-0.3, -0.25) is 4.79 Å². The van der Waals surface area contributed by atoms with Crippen molar-refractivity contribution in [3.63, 3.8) is 0 Å². The number of fused-ring (bicyclic) bond motifs is 1. The zero-order valence-corrected chi connectivity index (χ0v) is 11.3. The van der Waals surface area contributed by atoms with E-state index in [1.54, 1.807) is 7.05 Å². The Morgan fingerprint density at radius 3 is 2.75 bits per heavy atom. The van der Waals surface area contributed by atoms with Crippen molar-refractivity contribution >= 4 is 28.6 Å². The van der Waals surface area contributed by atoms with Gasteiger partial charge in [-0.25, -0.2) is 9.97 Å². The number of para-hydroxylation sites is 2. The van der Waals surface area contributed by atoms with E-state index in [1.165, 1.54) is 0 Å². The maximum Gasteiger partial charge on any atom is 0.242 e. The third kappa shape index (κ3) is 2.03. The van der Waals surface area contributed by atoms with Crippen molar-refractivity contribution in [2.24, 2.45) is 0 Å². The molecule has 0 radical (unpaired) electrons. The van der Waals surface area contributed by atoms with Crippen molar-refractivity contribution in [3.05, 3.63) is 24.3 Å². The maximum absolute atomic E-state index is 11.9. The molecule has 1 amide bonds. The van der Waals surface area contributed by atoms with Gasteiger partial charge >= 0.3 is 0 Å². The fourth-order valence-corrected chi connectivity index (χ4v) is 2.68. The molecule has 1 unspecified atom stereocenters. The number of carbonyl (C=O) groups excluding carboxylic acids is 1. The van der Waals surface area contributed by atoms with Crippen LogP contribution in [0.1, 0.15) is 12.8 Å². The first-order chi connectivity index (χ1) is 9.70. The Bertz CT molecular complexity index is 657. The summed E-state index contributed by atoms with van der Waals surface area (Å²) in [5, 5.41) is 2.69. The highest BCUT2D eigenvalue weighted by Gasteiger charge is 2.32. The number of hydrogen-bond acceptors (Lipinski definition) is 5. The third-order valence-electron chi connectivity index (χ3n) is 3.65. The number of carbonyl (C=O) groups is 1. The number of amides is 1. The SMILES string of the molecule is CNC(=O)C1CCCN1c1nc2ccccc2nc1N. The van der Waals surface area contributed by atoms with Gasteiger partial charge in [0, 0.05) is 13.6 Å². The van der Waals surface area contributed by atoms with Crippen molar-refractivity contribution in [3.8, 4) is 0 Å². The molecule has 1 aromatic heterocycles. The van der Waals surface area contributed by atoms with Gasteiger partial charge in [-0.2, -0.15) is 0 Å². The molecule has 1 saturated heterocycles. The molecular weight excluding hydrogens is 254 g/mol. The molecule has 3 rings (SSSR count). The van der Waals surface area contributed by atoms with Crippen LogP contribution in [0.2, 0.25) is 0 Å². The predicted octanol–water partition coefficient (Wildman–Crippen LogP) is 0.927. The average Bonchev–Trinajstić information content (AvgIpc) is 2.95. The number of anilines is 2. The number of aromatic nitrogens is 2. The second-order valence-electron chi connectivity index (χ2n) is 4.89. The molecule has 0 bridgehead atoms. The summed E-state index contributed by atoms with van der Waals surface area (Å²) in [6.45, 7) is 0.773. The zero-order chi connectivity index (χ0) is 14.1. The van der Waals surface area contributed by atoms with E-state index in [0.717, 1.165) is 30.4 Å². The molecule has 1 aliphatic heterocycles. The molecule has 2 aromatic rings. The lowest BCUT2D eigenvalue weighted by molar-refractivity contribution is -0.121. The van der Waals surface area contributed by atoms with Crippen LogP contribution in [0, 0.1) is 0 Å².